The van der Waals surface area contributed by atoms with Gasteiger partial charge >= 0.3 is 0 Å². The SMILES string of the molecule is CCOc1c(Oc2cccc(CC(C)C)c2CC(C)C)ccc(C(C)(C)N)c1CC.Cl.O. The molecule has 32 heavy (non-hydrogen) atoms. The van der Waals surface area contributed by atoms with Gasteiger partial charge in [-0.05, 0) is 80.7 Å². The molecule has 0 aliphatic rings. The lowest BCUT2D eigenvalue weighted by Gasteiger charge is -2.26. The molecule has 0 fully saturated rings. The van der Waals surface area contributed by atoms with Crippen LogP contribution >= 0.6 is 12.4 Å². The highest BCUT2D eigenvalue weighted by Crippen LogP contribution is 2.41. The molecule has 0 heterocycles. The van der Waals surface area contributed by atoms with Gasteiger partial charge in [-0.2, -0.15) is 0 Å². The lowest BCUT2D eigenvalue weighted by Crippen LogP contribution is -2.30. The highest BCUT2D eigenvalue weighted by Gasteiger charge is 2.24. The molecule has 4 N–H and O–H groups in total. The van der Waals surface area contributed by atoms with Gasteiger partial charge in [0.15, 0.2) is 11.5 Å². The normalized spacial score (nSPS) is 11.2. The van der Waals surface area contributed by atoms with Crippen LogP contribution < -0.4 is 15.2 Å². The van der Waals surface area contributed by atoms with Crippen molar-refractivity contribution in [3.63, 3.8) is 0 Å². The second kappa shape index (κ2) is 13.1. The van der Waals surface area contributed by atoms with Gasteiger partial charge in [0.25, 0.3) is 0 Å². The van der Waals surface area contributed by atoms with E-state index in [4.69, 9.17) is 15.2 Å². The van der Waals surface area contributed by atoms with E-state index in [1.165, 1.54) is 11.1 Å². The summed E-state index contributed by atoms with van der Waals surface area (Å²) in [6, 6.07) is 10.5. The van der Waals surface area contributed by atoms with Gasteiger partial charge in [-0.3, -0.25) is 0 Å². The maximum atomic E-state index is 6.56. The second-order valence-corrected chi connectivity index (χ2v) is 9.62. The number of benzene rings is 2. The van der Waals surface area contributed by atoms with E-state index in [1.54, 1.807) is 0 Å². The number of rotatable bonds is 10. The number of ether oxygens (including phenoxy) is 2. The lowest BCUT2D eigenvalue weighted by atomic mass is 9.89. The van der Waals surface area contributed by atoms with Crippen molar-refractivity contribution in [2.75, 3.05) is 6.61 Å². The Morgan fingerprint density at radius 1 is 0.875 bits per heavy atom. The predicted octanol–water partition coefficient (Wildman–Crippen LogP) is 6.63. The van der Waals surface area contributed by atoms with Crippen LogP contribution in [0.25, 0.3) is 0 Å². The molecule has 2 rings (SSSR count). The molecular formula is C27H44ClNO3. The molecule has 2 aromatic carbocycles. The molecule has 0 aromatic heterocycles. The van der Waals surface area contributed by atoms with Crippen LogP contribution in [-0.4, -0.2) is 12.1 Å². The molecule has 0 radical (unpaired) electrons. The molecule has 0 unspecified atom stereocenters. The van der Waals surface area contributed by atoms with E-state index in [-0.39, 0.29) is 17.9 Å². The Morgan fingerprint density at radius 2 is 1.50 bits per heavy atom. The van der Waals surface area contributed by atoms with Gasteiger partial charge in [0.1, 0.15) is 5.75 Å². The van der Waals surface area contributed by atoms with Crippen LogP contribution in [0.2, 0.25) is 0 Å². The summed E-state index contributed by atoms with van der Waals surface area (Å²) in [7, 11) is 0. The first-order chi connectivity index (χ1) is 14.1. The third-order valence-corrected chi connectivity index (χ3v) is 5.25. The summed E-state index contributed by atoms with van der Waals surface area (Å²) in [5.74, 6) is 3.68. The lowest BCUT2D eigenvalue weighted by molar-refractivity contribution is 0.315. The first-order valence-electron chi connectivity index (χ1n) is 11.4. The zero-order valence-corrected chi connectivity index (χ0v) is 22.0. The van der Waals surface area contributed by atoms with Gasteiger partial charge < -0.3 is 20.7 Å². The molecule has 0 aliphatic heterocycles. The van der Waals surface area contributed by atoms with Gasteiger partial charge in [0.05, 0.1) is 6.61 Å². The van der Waals surface area contributed by atoms with Gasteiger partial charge in [-0.25, -0.2) is 0 Å². The number of hydrogen-bond acceptors (Lipinski definition) is 3. The average molecular weight is 466 g/mol. The first-order valence-corrected chi connectivity index (χ1v) is 11.4. The minimum Gasteiger partial charge on any atom is -0.490 e. The second-order valence-electron chi connectivity index (χ2n) is 9.62. The van der Waals surface area contributed by atoms with E-state index >= 15 is 0 Å². The first kappa shape index (κ1) is 30.2. The Labute approximate surface area is 201 Å². The molecule has 0 saturated heterocycles. The Bertz CT molecular complexity index is 842. The van der Waals surface area contributed by atoms with Crippen molar-refractivity contribution in [2.24, 2.45) is 17.6 Å². The highest BCUT2D eigenvalue weighted by atomic mass is 35.5. The summed E-state index contributed by atoms with van der Waals surface area (Å²) in [5, 5.41) is 0. The summed E-state index contributed by atoms with van der Waals surface area (Å²) >= 11 is 0. The summed E-state index contributed by atoms with van der Waals surface area (Å²) < 4.78 is 12.7. The van der Waals surface area contributed by atoms with E-state index in [0.29, 0.717) is 18.4 Å². The van der Waals surface area contributed by atoms with Gasteiger partial charge in [0, 0.05) is 11.1 Å². The molecule has 0 bridgehead atoms. The molecule has 0 saturated carbocycles. The standard InChI is InChI=1S/C27H41NO2.ClH.H2O/c1-9-21-23(27(7,8)28)14-15-25(26(21)29-10-2)30-24-13-11-12-20(16-18(3)4)22(24)17-19(5)6;;/h11-15,18-19H,9-10,16-17,28H2,1-8H3;1H;1H2. The molecule has 2 aromatic rings. The van der Waals surface area contributed by atoms with E-state index in [2.05, 4.69) is 58.9 Å². The Morgan fingerprint density at radius 3 is 2.00 bits per heavy atom. The van der Waals surface area contributed by atoms with E-state index < -0.39 is 5.54 Å². The monoisotopic (exact) mass is 465 g/mol. The Balaban J connectivity index is 0.00000480. The van der Waals surface area contributed by atoms with Crippen molar-refractivity contribution in [3.8, 4) is 17.2 Å². The summed E-state index contributed by atoms with van der Waals surface area (Å²) in [4.78, 5) is 0. The van der Waals surface area contributed by atoms with Crippen LogP contribution in [0.1, 0.15) is 77.6 Å². The molecule has 182 valence electrons. The van der Waals surface area contributed by atoms with Crippen LogP contribution in [-0.2, 0) is 24.8 Å². The molecule has 0 atom stereocenters. The zero-order valence-electron chi connectivity index (χ0n) is 21.2. The minimum atomic E-state index is -0.435. The van der Waals surface area contributed by atoms with Crippen molar-refractivity contribution >= 4 is 12.4 Å². The maximum absolute atomic E-state index is 6.56. The van der Waals surface area contributed by atoms with Crippen LogP contribution in [0.15, 0.2) is 30.3 Å². The van der Waals surface area contributed by atoms with E-state index in [1.807, 2.05) is 26.8 Å². The van der Waals surface area contributed by atoms with Crippen LogP contribution in [0.4, 0.5) is 0 Å². The third kappa shape index (κ3) is 7.68. The zero-order chi connectivity index (χ0) is 22.5. The van der Waals surface area contributed by atoms with E-state index in [9.17, 15) is 0 Å². The number of halogens is 1. The van der Waals surface area contributed by atoms with Gasteiger partial charge in [0.2, 0.25) is 0 Å². The molecule has 0 amide bonds. The Hall–Kier alpha value is -1.75. The van der Waals surface area contributed by atoms with Crippen molar-refractivity contribution in [3.05, 3.63) is 52.6 Å². The predicted molar refractivity (Wildman–Crippen MR) is 139 cm³/mol. The topological polar surface area (TPSA) is 76.0 Å². The molecule has 5 heteroatoms. The number of nitrogens with two attached hydrogens (primary N) is 1. The van der Waals surface area contributed by atoms with Gasteiger partial charge in [-0.15, -0.1) is 12.4 Å². The Kier molecular flexibility index (Phi) is 12.4. The summed E-state index contributed by atoms with van der Waals surface area (Å²) in [6.45, 7) is 17.9. The smallest absolute Gasteiger partial charge is 0.169 e. The highest BCUT2D eigenvalue weighted by molar-refractivity contribution is 5.85. The fourth-order valence-electron chi connectivity index (χ4n) is 4.04. The van der Waals surface area contributed by atoms with Gasteiger partial charge in [-0.1, -0.05) is 52.8 Å². The van der Waals surface area contributed by atoms with Crippen LogP contribution in [0, 0.1) is 11.8 Å². The maximum Gasteiger partial charge on any atom is 0.169 e. The molecule has 0 spiro atoms. The third-order valence-electron chi connectivity index (χ3n) is 5.25. The molecule has 0 aliphatic carbocycles. The fraction of sp³-hybridized carbons (Fsp3) is 0.556. The summed E-state index contributed by atoms with van der Waals surface area (Å²) in [6.07, 6.45) is 2.89. The quantitative estimate of drug-likeness (QED) is 0.427. The molecular weight excluding hydrogens is 422 g/mol. The minimum absolute atomic E-state index is 0. The fourth-order valence-corrected chi connectivity index (χ4v) is 4.04. The van der Waals surface area contributed by atoms with Crippen molar-refractivity contribution < 1.29 is 14.9 Å². The average Bonchev–Trinajstić information content (AvgIpc) is 2.63. The van der Waals surface area contributed by atoms with Crippen molar-refractivity contribution in [1.29, 1.82) is 0 Å². The number of hydrogen-bond donors (Lipinski definition) is 1. The van der Waals surface area contributed by atoms with Crippen LogP contribution in [0.5, 0.6) is 17.2 Å². The molecule has 4 nitrogen and oxygen atoms in total. The largest absolute Gasteiger partial charge is 0.490 e. The van der Waals surface area contributed by atoms with Crippen molar-refractivity contribution in [2.45, 2.75) is 80.2 Å². The van der Waals surface area contributed by atoms with E-state index in [0.717, 1.165) is 47.6 Å². The van der Waals surface area contributed by atoms with Crippen LogP contribution in [0.3, 0.4) is 0 Å². The van der Waals surface area contributed by atoms with Crippen molar-refractivity contribution in [1.82, 2.24) is 0 Å². The summed E-state index contributed by atoms with van der Waals surface area (Å²) in [5.41, 5.74) is 10.9.